The van der Waals surface area contributed by atoms with Crippen molar-refractivity contribution < 1.29 is 18.7 Å². The molecule has 10 heteroatoms. The van der Waals surface area contributed by atoms with Gasteiger partial charge in [-0.25, -0.2) is 4.79 Å². The van der Waals surface area contributed by atoms with Gasteiger partial charge in [0.2, 0.25) is 5.91 Å². The fourth-order valence-corrected chi connectivity index (χ4v) is 4.00. The number of anilines is 1. The molecule has 8 nitrogen and oxygen atoms in total. The van der Waals surface area contributed by atoms with E-state index in [9.17, 15) is 9.59 Å². The first kappa shape index (κ1) is 22.9. The van der Waals surface area contributed by atoms with Crippen LogP contribution in [0, 0.1) is 0 Å². The Balaban J connectivity index is 1.40. The number of ether oxygens (including phenoxy) is 1. The van der Waals surface area contributed by atoms with Crippen LogP contribution in [0.25, 0.3) is 22.6 Å². The Kier molecular flexibility index (Phi) is 6.71. The van der Waals surface area contributed by atoms with Gasteiger partial charge >= 0.3 is 5.97 Å². The van der Waals surface area contributed by atoms with E-state index in [-0.39, 0.29) is 17.8 Å². The molecule has 2 aromatic carbocycles. The van der Waals surface area contributed by atoms with E-state index in [4.69, 9.17) is 20.8 Å². The largest absolute Gasteiger partial charge is 0.459 e. The van der Waals surface area contributed by atoms with E-state index >= 15 is 0 Å². The molecule has 0 bridgehead atoms. The number of fused-ring (bicyclic) bond motifs is 1. The number of aromatic nitrogens is 3. The molecule has 1 amide bonds. The highest BCUT2D eigenvalue weighted by Crippen LogP contribution is 2.30. The number of nitrogens with zero attached hydrogens (tertiary/aromatic N) is 3. The Labute approximate surface area is 199 Å². The number of thioether (sulfide) groups is 1. The summed E-state index contributed by atoms with van der Waals surface area (Å²) in [6.07, 6.45) is -0.221. The third-order valence-corrected chi connectivity index (χ3v) is 5.85. The fraction of sp³-hybridized carbons (Fsp3) is 0.217. The van der Waals surface area contributed by atoms with E-state index in [2.05, 4.69) is 15.5 Å². The van der Waals surface area contributed by atoms with Crippen LogP contribution >= 0.6 is 23.4 Å². The number of rotatable bonds is 7. The molecule has 4 rings (SSSR count). The molecule has 0 saturated heterocycles. The Morgan fingerprint density at radius 2 is 2.00 bits per heavy atom. The lowest BCUT2D eigenvalue weighted by molar-refractivity contribution is -0.113. The molecule has 0 atom stereocenters. The van der Waals surface area contributed by atoms with Gasteiger partial charge in [-0.05, 0) is 56.3 Å². The number of hydrogen-bond acceptors (Lipinski definition) is 7. The van der Waals surface area contributed by atoms with Crippen molar-refractivity contribution in [3.8, 4) is 11.6 Å². The van der Waals surface area contributed by atoms with E-state index in [1.54, 1.807) is 61.9 Å². The number of hydrogen-bond donors (Lipinski definition) is 1. The number of furan rings is 1. The van der Waals surface area contributed by atoms with Gasteiger partial charge in [0.25, 0.3) is 0 Å². The lowest BCUT2D eigenvalue weighted by atomic mass is 10.2. The van der Waals surface area contributed by atoms with Crippen LogP contribution < -0.4 is 5.32 Å². The third kappa shape index (κ3) is 5.37. The Bertz CT molecular complexity index is 1330. The van der Waals surface area contributed by atoms with Gasteiger partial charge in [-0.3, -0.25) is 4.79 Å². The highest BCUT2D eigenvalue weighted by Gasteiger charge is 2.17. The zero-order valence-corrected chi connectivity index (χ0v) is 19.7. The van der Waals surface area contributed by atoms with Gasteiger partial charge in [0.05, 0.1) is 17.4 Å². The number of amides is 1. The normalized spacial score (nSPS) is 11.2. The first-order valence-electron chi connectivity index (χ1n) is 10.1. The molecule has 0 spiro atoms. The quantitative estimate of drug-likeness (QED) is 0.285. The summed E-state index contributed by atoms with van der Waals surface area (Å²) in [7, 11) is 1.81. The minimum Gasteiger partial charge on any atom is -0.459 e. The molecule has 2 heterocycles. The molecule has 0 saturated carbocycles. The second-order valence-electron chi connectivity index (χ2n) is 7.53. The summed E-state index contributed by atoms with van der Waals surface area (Å²) in [4.78, 5) is 24.5. The van der Waals surface area contributed by atoms with Crippen LogP contribution in [0.3, 0.4) is 0 Å². The van der Waals surface area contributed by atoms with Crippen LogP contribution in [0.5, 0.6) is 0 Å². The molecule has 0 aliphatic heterocycles. The molecule has 0 unspecified atom stereocenters. The lowest BCUT2D eigenvalue weighted by Gasteiger charge is -2.09. The summed E-state index contributed by atoms with van der Waals surface area (Å²) in [5.74, 6) is 0.542. The van der Waals surface area contributed by atoms with Crippen molar-refractivity contribution in [2.45, 2.75) is 25.1 Å². The van der Waals surface area contributed by atoms with Crippen molar-refractivity contribution in [1.82, 2.24) is 14.8 Å². The van der Waals surface area contributed by atoms with Crippen molar-refractivity contribution in [2.75, 3.05) is 11.1 Å². The van der Waals surface area contributed by atoms with Crippen LogP contribution in [-0.2, 0) is 16.6 Å². The van der Waals surface area contributed by atoms with Gasteiger partial charge in [0, 0.05) is 23.1 Å². The predicted molar refractivity (Wildman–Crippen MR) is 128 cm³/mol. The SMILES string of the molecule is CC(C)OC(=O)c1cccc(NC(=O)CSc2nnc(-c3cc4cc(Cl)ccc4o3)n2C)c1. The van der Waals surface area contributed by atoms with Crippen LogP contribution in [-0.4, -0.2) is 38.5 Å². The summed E-state index contributed by atoms with van der Waals surface area (Å²) in [6.45, 7) is 3.56. The highest BCUT2D eigenvalue weighted by atomic mass is 35.5. The van der Waals surface area contributed by atoms with E-state index < -0.39 is 5.97 Å². The maximum absolute atomic E-state index is 12.4. The van der Waals surface area contributed by atoms with Crippen LogP contribution in [0.15, 0.2) is 58.1 Å². The van der Waals surface area contributed by atoms with Crippen LogP contribution in [0.2, 0.25) is 5.02 Å². The molecular weight excluding hydrogens is 464 g/mol. The minimum atomic E-state index is -0.435. The first-order valence-corrected chi connectivity index (χ1v) is 11.5. The molecule has 0 aliphatic rings. The van der Waals surface area contributed by atoms with Crippen molar-refractivity contribution in [2.24, 2.45) is 7.05 Å². The summed E-state index contributed by atoms with van der Waals surface area (Å²) >= 11 is 7.28. The second kappa shape index (κ2) is 9.68. The number of carbonyl (C=O) groups is 2. The third-order valence-electron chi connectivity index (χ3n) is 4.59. The molecule has 2 aromatic heterocycles. The minimum absolute atomic E-state index is 0.113. The average molecular weight is 485 g/mol. The van der Waals surface area contributed by atoms with Crippen molar-refractivity contribution in [3.63, 3.8) is 0 Å². The molecular formula is C23H21ClN4O4S. The van der Waals surface area contributed by atoms with Gasteiger partial charge in [-0.1, -0.05) is 29.4 Å². The second-order valence-corrected chi connectivity index (χ2v) is 8.91. The molecule has 33 heavy (non-hydrogen) atoms. The van der Waals surface area contributed by atoms with E-state index in [1.807, 2.05) is 12.1 Å². The molecule has 4 aromatic rings. The molecule has 1 N–H and O–H groups in total. The first-order chi connectivity index (χ1) is 15.8. The van der Waals surface area contributed by atoms with Crippen LogP contribution in [0.1, 0.15) is 24.2 Å². The van der Waals surface area contributed by atoms with Crippen molar-refractivity contribution in [1.29, 1.82) is 0 Å². The fourth-order valence-electron chi connectivity index (χ4n) is 3.11. The van der Waals surface area contributed by atoms with Gasteiger partial charge in [-0.2, -0.15) is 0 Å². The topological polar surface area (TPSA) is 99.2 Å². The van der Waals surface area contributed by atoms with Gasteiger partial charge in [0.1, 0.15) is 5.58 Å². The highest BCUT2D eigenvalue weighted by molar-refractivity contribution is 7.99. The lowest BCUT2D eigenvalue weighted by Crippen LogP contribution is -2.16. The maximum atomic E-state index is 12.4. The zero-order valence-electron chi connectivity index (χ0n) is 18.2. The van der Waals surface area contributed by atoms with Gasteiger partial charge in [0.15, 0.2) is 16.7 Å². The number of carbonyl (C=O) groups excluding carboxylic acids is 2. The standard InChI is InChI=1S/C23H21ClN4O4S/c1-13(2)31-22(30)14-5-4-6-17(10-14)25-20(29)12-33-23-27-26-21(28(23)3)19-11-15-9-16(24)7-8-18(15)32-19/h4-11,13H,12H2,1-3H3,(H,25,29). The van der Waals surface area contributed by atoms with Gasteiger partial charge < -0.3 is 19.0 Å². The predicted octanol–water partition coefficient (Wildman–Crippen LogP) is 5.18. The maximum Gasteiger partial charge on any atom is 0.338 e. The molecule has 170 valence electrons. The Hall–Kier alpha value is -3.30. The summed E-state index contributed by atoms with van der Waals surface area (Å²) in [5.41, 5.74) is 1.59. The Morgan fingerprint density at radius 3 is 2.79 bits per heavy atom. The average Bonchev–Trinajstić information content (AvgIpc) is 3.34. The molecule has 0 radical (unpaired) electrons. The zero-order chi connectivity index (χ0) is 23.5. The number of halogens is 1. The monoisotopic (exact) mass is 484 g/mol. The number of benzene rings is 2. The van der Waals surface area contributed by atoms with E-state index in [1.165, 1.54) is 11.8 Å². The Morgan fingerprint density at radius 1 is 1.18 bits per heavy atom. The summed E-state index contributed by atoms with van der Waals surface area (Å²) in [6, 6.07) is 13.9. The number of nitrogens with one attached hydrogen (secondary N) is 1. The van der Waals surface area contributed by atoms with Gasteiger partial charge in [-0.15, -0.1) is 10.2 Å². The van der Waals surface area contributed by atoms with Crippen molar-refractivity contribution >= 4 is 51.9 Å². The number of esters is 1. The summed E-state index contributed by atoms with van der Waals surface area (Å²) in [5, 5.41) is 13.2. The molecule has 0 aliphatic carbocycles. The summed E-state index contributed by atoms with van der Waals surface area (Å²) < 4.78 is 12.8. The molecule has 0 fully saturated rings. The van der Waals surface area contributed by atoms with E-state index in [0.717, 1.165) is 5.39 Å². The van der Waals surface area contributed by atoms with E-state index in [0.29, 0.717) is 38.6 Å². The van der Waals surface area contributed by atoms with Crippen molar-refractivity contribution in [3.05, 3.63) is 59.1 Å². The smallest absolute Gasteiger partial charge is 0.338 e. The van der Waals surface area contributed by atoms with Crippen LogP contribution in [0.4, 0.5) is 5.69 Å².